The molecule has 12 heteroatoms. The quantitative estimate of drug-likeness (QED) is 0.282. The number of rotatable bonds is 6. The van der Waals surface area contributed by atoms with E-state index in [1.165, 1.54) is 4.90 Å². The number of hydrogen-bond acceptors (Lipinski definition) is 4. The Kier molecular flexibility index (Phi) is 9.85. The predicted molar refractivity (Wildman–Crippen MR) is 168 cm³/mol. The first-order valence-electron chi connectivity index (χ1n) is 16.3. The van der Waals surface area contributed by atoms with Crippen LogP contribution in [0.2, 0.25) is 0 Å². The predicted octanol–water partition coefficient (Wildman–Crippen LogP) is 6.47. The Morgan fingerprint density at radius 1 is 0.625 bits per heavy atom. The second-order valence-corrected chi connectivity index (χ2v) is 12.9. The van der Waals surface area contributed by atoms with E-state index in [-0.39, 0.29) is 30.6 Å². The molecular weight excluding hydrogens is 634 g/mol. The fourth-order valence-electron chi connectivity index (χ4n) is 7.41. The maximum Gasteiger partial charge on any atom is 0.416 e. The maximum absolute atomic E-state index is 13.7. The number of hydrogen-bond donors (Lipinski definition) is 0. The molecule has 3 unspecified atom stereocenters. The van der Waals surface area contributed by atoms with Crippen LogP contribution in [0.1, 0.15) is 56.7 Å². The van der Waals surface area contributed by atoms with Crippen LogP contribution in [-0.4, -0.2) is 95.4 Å². The summed E-state index contributed by atoms with van der Waals surface area (Å²) in [6, 6.07) is 19.8. The molecule has 6 rings (SSSR count). The zero-order valence-corrected chi connectivity index (χ0v) is 26.4. The van der Waals surface area contributed by atoms with Crippen LogP contribution in [0.15, 0.2) is 78.9 Å². The molecule has 3 fully saturated rings. The summed E-state index contributed by atoms with van der Waals surface area (Å²) in [5.74, 6) is -0.783. The van der Waals surface area contributed by atoms with Crippen LogP contribution in [-0.2, 0) is 18.8 Å². The minimum atomic E-state index is -5.04. The third-order valence-electron chi connectivity index (χ3n) is 9.95. The first-order valence-corrected chi connectivity index (χ1v) is 16.3. The van der Waals surface area contributed by atoms with E-state index in [4.69, 9.17) is 0 Å². The Labute approximate surface area is 275 Å². The Morgan fingerprint density at radius 2 is 1.17 bits per heavy atom. The summed E-state index contributed by atoms with van der Waals surface area (Å²) in [5, 5.41) is 0. The first kappa shape index (κ1) is 34.0. The molecule has 0 spiro atoms. The van der Waals surface area contributed by atoms with Gasteiger partial charge < -0.3 is 9.80 Å². The Hall–Kier alpha value is -3.90. The van der Waals surface area contributed by atoms with Crippen molar-refractivity contribution in [1.82, 2.24) is 19.6 Å². The standard InChI is InChI=1S/C36H38F6N4O2/c37-35(38,39)28-20-27(21-29(22-28)36(40,41)42)34(48)46-14-12-30(23-32(46)19-25-7-3-1-4-8-25)43-15-17-44(18-16-43)31-11-13-45(24-31)33(47)26-9-5-2-6-10-26/h1-10,20-22,30-32H,11-19,23-24H2. The molecule has 2 amide bonds. The lowest BCUT2D eigenvalue weighted by Gasteiger charge is -2.47. The van der Waals surface area contributed by atoms with Gasteiger partial charge in [0.2, 0.25) is 0 Å². The van der Waals surface area contributed by atoms with E-state index < -0.39 is 41.0 Å². The summed E-state index contributed by atoms with van der Waals surface area (Å²) in [6.45, 7) is 4.85. The molecule has 3 aliphatic rings. The zero-order valence-electron chi connectivity index (χ0n) is 26.4. The molecular formula is C36H38F6N4O2. The second kappa shape index (κ2) is 13.9. The number of halogens is 6. The summed E-state index contributed by atoms with van der Waals surface area (Å²) < 4.78 is 81.6. The van der Waals surface area contributed by atoms with Crippen molar-refractivity contribution in [3.63, 3.8) is 0 Å². The first-order chi connectivity index (χ1) is 22.9. The smallest absolute Gasteiger partial charge is 0.337 e. The normalized spacial score (nSPS) is 23.0. The SMILES string of the molecule is O=C(c1ccccc1)N1CCC(N2CCN(C3CCN(C(=O)c4cc(C(F)(F)F)cc(C(F)(F)F)c4)C(Cc4ccccc4)C3)CC2)C1. The van der Waals surface area contributed by atoms with E-state index in [0.29, 0.717) is 50.0 Å². The van der Waals surface area contributed by atoms with E-state index >= 15 is 0 Å². The van der Waals surface area contributed by atoms with Crippen molar-refractivity contribution >= 4 is 11.8 Å². The van der Waals surface area contributed by atoms with E-state index in [0.717, 1.165) is 38.2 Å². The molecule has 3 aromatic rings. The minimum Gasteiger partial charge on any atom is -0.337 e. The van der Waals surface area contributed by atoms with Crippen molar-refractivity contribution in [1.29, 1.82) is 0 Å². The zero-order chi connectivity index (χ0) is 34.1. The number of alkyl halides is 6. The lowest BCUT2D eigenvalue weighted by molar-refractivity contribution is -0.143. The number of piperazine rings is 1. The highest BCUT2D eigenvalue weighted by atomic mass is 19.4. The molecule has 0 bridgehead atoms. The van der Waals surface area contributed by atoms with Gasteiger partial charge in [-0.05, 0) is 61.6 Å². The molecule has 0 radical (unpaired) electrons. The molecule has 3 atom stereocenters. The minimum absolute atomic E-state index is 0.0438. The van der Waals surface area contributed by atoms with Crippen molar-refractivity contribution in [2.75, 3.05) is 45.8 Å². The third kappa shape index (κ3) is 7.70. The van der Waals surface area contributed by atoms with Crippen LogP contribution in [0.25, 0.3) is 0 Å². The summed E-state index contributed by atoms with van der Waals surface area (Å²) in [4.78, 5) is 34.9. The van der Waals surface area contributed by atoms with Crippen molar-refractivity contribution in [2.45, 2.75) is 56.2 Å². The van der Waals surface area contributed by atoms with Gasteiger partial charge >= 0.3 is 12.4 Å². The van der Waals surface area contributed by atoms with Crippen LogP contribution in [0, 0.1) is 0 Å². The van der Waals surface area contributed by atoms with Crippen LogP contribution < -0.4 is 0 Å². The second-order valence-electron chi connectivity index (χ2n) is 12.9. The van der Waals surface area contributed by atoms with Gasteiger partial charge in [0.15, 0.2) is 0 Å². The van der Waals surface area contributed by atoms with Crippen LogP contribution in [0.5, 0.6) is 0 Å². The Bertz CT molecular complexity index is 1540. The number of nitrogens with zero attached hydrogens (tertiary/aromatic N) is 4. The van der Waals surface area contributed by atoms with Gasteiger partial charge in [-0.1, -0.05) is 48.5 Å². The fourth-order valence-corrected chi connectivity index (χ4v) is 7.41. The number of likely N-dealkylation sites (tertiary alicyclic amines) is 2. The van der Waals surface area contributed by atoms with Gasteiger partial charge in [-0.25, -0.2) is 0 Å². The molecule has 256 valence electrons. The third-order valence-corrected chi connectivity index (χ3v) is 9.95. The summed E-state index contributed by atoms with van der Waals surface area (Å²) in [6.07, 6.45) is -7.63. The average Bonchev–Trinajstić information content (AvgIpc) is 3.58. The monoisotopic (exact) mass is 672 g/mol. The number of amides is 2. The van der Waals surface area contributed by atoms with Crippen LogP contribution >= 0.6 is 0 Å². The van der Waals surface area contributed by atoms with Gasteiger partial charge in [0.25, 0.3) is 11.8 Å². The highest BCUT2D eigenvalue weighted by molar-refractivity contribution is 5.95. The Balaban J connectivity index is 1.13. The van der Waals surface area contributed by atoms with Gasteiger partial charge in [0, 0.05) is 75.1 Å². The summed E-state index contributed by atoms with van der Waals surface area (Å²) in [7, 11) is 0. The molecule has 48 heavy (non-hydrogen) atoms. The van der Waals surface area contributed by atoms with Gasteiger partial charge in [0.05, 0.1) is 11.1 Å². The summed E-state index contributed by atoms with van der Waals surface area (Å²) >= 11 is 0. The van der Waals surface area contributed by atoms with Crippen LogP contribution in [0.4, 0.5) is 26.3 Å². The Morgan fingerprint density at radius 3 is 1.75 bits per heavy atom. The lowest BCUT2D eigenvalue weighted by atomic mass is 9.90. The largest absolute Gasteiger partial charge is 0.416 e. The van der Waals surface area contributed by atoms with Crippen molar-refractivity contribution in [3.05, 3.63) is 107 Å². The molecule has 6 nitrogen and oxygen atoms in total. The maximum atomic E-state index is 13.7. The highest BCUT2D eigenvalue weighted by Gasteiger charge is 2.41. The number of piperidine rings is 1. The topological polar surface area (TPSA) is 47.1 Å². The molecule has 3 aliphatic heterocycles. The number of benzene rings is 3. The van der Waals surface area contributed by atoms with Gasteiger partial charge in [0.1, 0.15) is 0 Å². The fraction of sp³-hybridized carbons (Fsp3) is 0.444. The molecule has 0 N–H and O–H groups in total. The lowest BCUT2D eigenvalue weighted by Crippen LogP contribution is -2.58. The highest BCUT2D eigenvalue weighted by Crippen LogP contribution is 2.37. The molecule has 3 saturated heterocycles. The van der Waals surface area contributed by atoms with Crippen LogP contribution in [0.3, 0.4) is 0 Å². The van der Waals surface area contributed by atoms with Gasteiger partial charge in [-0.3, -0.25) is 19.4 Å². The molecule has 3 aromatic carbocycles. The number of carbonyl (C=O) groups is 2. The molecule has 0 aliphatic carbocycles. The van der Waals surface area contributed by atoms with Gasteiger partial charge in [-0.2, -0.15) is 26.3 Å². The molecule has 0 saturated carbocycles. The summed E-state index contributed by atoms with van der Waals surface area (Å²) in [5.41, 5.74) is -1.99. The van der Waals surface area contributed by atoms with Crippen molar-refractivity contribution in [2.24, 2.45) is 0 Å². The average molecular weight is 673 g/mol. The van der Waals surface area contributed by atoms with E-state index in [1.54, 1.807) is 0 Å². The van der Waals surface area contributed by atoms with Crippen molar-refractivity contribution in [3.8, 4) is 0 Å². The molecule has 0 aromatic heterocycles. The van der Waals surface area contributed by atoms with E-state index in [1.807, 2.05) is 65.6 Å². The van der Waals surface area contributed by atoms with E-state index in [2.05, 4.69) is 9.80 Å². The van der Waals surface area contributed by atoms with E-state index in [9.17, 15) is 35.9 Å². The molecule has 3 heterocycles. The number of carbonyl (C=O) groups excluding carboxylic acids is 2. The van der Waals surface area contributed by atoms with Crippen molar-refractivity contribution < 1.29 is 35.9 Å². The van der Waals surface area contributed by atoms with Gasteiger partial charge in [-0.15, -0.1) is 0 Å².